The van der Waals surface area contributed by atoms with Crippen molar-refractivity contribution >= 4 is 11.0 Å². The van der Waals surface area contributed by atoms with E-state index in [4.69, 9.17) is 4.74 Å². The summed E-state index contributed by atoms with van der Waals surface area (Å²) in [6, 6.07) is 27.6. The number of benzene rings is 3. The minimum absolute atomic E-state index is 0.231. The molecule has 5 rings (SSSR count). The minimum atomic E-state index is 0.231. The molecule has 31 heavy (non-hydrogen) atoms. The van der Waals surface area contributed by atoms with E-state index in [-0.39, 0.29) is 6.10 Å². The number of ether oxygens (including phenoxy) is 1. The van der Waals surface area contributed by atoms with Crippen molar-refractivity contribution in [3.63, 3.8) is 0 Å². The second-order valence-electron chi connectivity index (χ2n) is 8.11. The first-order chi connectivity index (χ1) is 15.3. The van der Waals surface area contributed by atoms with Gasteiger partial charge >= 0.3 is 0 Å². The summed E-state index contributed by atoms with van der Waals surface area (Å²) in [7, 11) is 0. The van der Waals surface area contributed by atoms with Gasteiger partial charge in [-0.05, 0) is 35.4 Å². The molecule has 1 aliphatic rings. The Balaban J connectivity index is 1.13. The highest BCUT2D eigenvalue weighted by atomic mass is 16.5. The second-order valence-corrected chi connectivity index (χ2v) is 8.11. The van der Waals surface area contributed by atoms with Gasteiger partial charge in [-0.3, -0.25) is 9.47 Å². The normalized spacial score (nSPS) is 17.2. The lowest BCUT2D eigenvalue weighted by Gasteiger charge is -2.33. The smallest absolute Gasteiger partial charge is 0.100 e. The van der Waals surface area contributed by atoms with E-state index in [0.717, 1.165) is 56.1 Å². The molecule has 5 nitrogen and oxygen atoms in total. The number of nitrogens with zero attached hydrogens (tertiary/aromatic N) is 3. The van der Waals surface area contributed by atoms with E-state index in [1.165, 1.54) is 11.1 Å². The summed E-state index contributed by atoms with van der Waals surface area (Å²) in [5, 5.41) is 3.57. The molecule has 0 aliphatic carbocycles. The molecular formula is C26H28N4O. The lowest BCUT2D eigenvalue weighted by Crippen LogP contribution is -2.46. The van der Waals surface area contributed by atoms with Gasteiger partial charge in [0.05, 0.1) is 23.7 Å². The lowest BCUT2D eigenvalue weighted by molar-refractivity contribution is -0.0300. The maximum absolute atomic E-state index is 5.98. The van der Waals surface area contributed by atoms with Crippen LogP contribution < -0.4 is 5.32 Å². The van der Waals surface area contributed by atoms with Crippen LogP contribution in [-0.2, 0) is 17.8 Å². The van der Waals surface area contributed by atoms with Crippen LogP contribution in [0, 0.1) is 0 Å². The maximum Gasteiger partial charge on any atom is 0.100 e. The van der Waals surface area contributed by atoms with E-state index >= 15 is 0 Å². The molecule has 5 heteroatoms. The van der Waals surface area contributed by atoms with Gasteiger partial charge in [0.1, 0.15) is 6.33 Å². The molecule has 0 amide bonds. The Morgan fingerprint density at radius 1 is 0.903 bits per heavy atom. The molecule has 0 saturated carbocycles. The van der Waals surface area contributed by atoms with Crippen LogP contribution in [0.5, 0.6) is 0 Å². The van der Waals surface area contributed by atoms with Crippen LogP contribution in [0.4, 0.5) is 0 Å². The first-order valence-electron chi connectivity index (χ1n) is 11.0. The predicted octanol–water partition coefficient (Wildman–Crippen LogP) is 4.02. The van der Waals surface area contributed by atoms with Gasteiger partial charge < -0.3 is 10.1 Å². The van der Waals surface area contributed by atoms with Crippen molar-refractivity contribution in [2.45, 2.75) is 19.2 Å². The zero-order chi connectivity index (χ0) is 20.9. The van der Waals surface area contributed by atoms with Gasteiger partial charge in [0, 0.05) is 38.4 Å². The summed E-state index contributed by atoms with van der Waals surface area (Å²) in [5.41, 5.74) is 5.90. The standard InChI is InChI=1S/C26H28N4O/c1-2-6-22(7-3-1)18-29-14-15-31-24(19-29)17-27-16-21-10-12-23(13-11-21)30-20-28-25-8-4-5-9-26(25)30/h1-13,20,24,27H,14-19H2/t24-/m1/s1. The minimum Gasteiger partial charge on any atom is -0.374 e. The molecule has 1 fully saturated rings. The highest BCUT2D eigenvalue weighted by Gasteiger charge is 2.20. The summed E-state index contributed by atoms with van der Waals surface area (Å²) in [4.78, 5) is 6.97. The topological polar surface area (TPSA) is 42.3 Å². The highest BCUT2D eigenvalue weighted by molar-refractivity contribution is 5.77. The molecule has 158 valence electrons. The third-order valence-electron chi connectivity index (χ3n) is 5.84. The van der Waals surface area contributed by atoms with Gasteiger partial charge in [0.15, 0.2) is 0 Å². The molecule has 1 saturated heterocycles. The van der Waals surface area contributed by atoms with Crippen LogP contribution in [0.15, 0.2) is 85.2 Å². The van der Waals surface area contributed by atoms with E-state index in [0.29, 0.717) is 0 Å². The Bertz CT molecular complexity index is 1110. The molecule has 2 heterocycles. The SMILES string of the molecule is c1ccc(CN2CCO[C@H](CNCc3ccc(-n4cnc5ccccc54)cc3)C2)cc1. The highest BCUT2D eigenvalue weighted by Crippen LogP contribution is 2.18. The van der Waals surface area contributed by atoms with E-state index < -0.39 is 0 Å². The van der Waals surface area contributed by atoms with Crippen LogP contribution in [0.2, 0.25) is 0 Å². The van der Waals surface area contributed by atoms with E-state index in [1.807, 2.05) is 24.5 Å². The number of morpholine rings is 1. The van der Waals surface area contributed by atoms with Crippen molar-refractivity contribution < 1.29 is 4.74 Å². The largest absolute Gasteiger partial charge is 0.374 e. The van der Waals surface area contributed by atoms with Crippen molar-refractivity contribution in [3.05, 3.63) is 96.3 Å². The first kappa shape index (κ1) is 19.9. The Morgan fingerprint density at radius 3 is 2.58 bits per heavy atom. The summed E-state index contributed by atoms with van der Waals surface area (Å²) in [5.74, 6) is 0. The fourth-order valence-electron chi connectivity index (χ4n) is 4.21. The fraction of sp³-hybridized carbons (Fsp3) is 0.269. The van der Waals surface area contributed by atoms with Crippen molar-refractivity contribution in [3.8, 4) is 5.69 Å². The van der Waals surface area contributed by atoms with E-state index in [2.05, 4.69) is 80.4 Å². The van der Waals surface area contributed by atoms with Crippen molar-refractivity contribution in [1.82, 2.24) is 19.8 Å². The van der Waals surface area contributed by atoms with Crippen molar-refractivity contribution in [1.29, 1.82) is 0 Å². The zero-order valence-corrected chi connectivity index (χ0v) is 17.7. The van der Waals surface area contributed by atoms with Crippen LogP contribution in [0.3, 0.4) is 0 Å². The molecule has 3 aromatic carbocycles. The molecule has 0 unspecified atom stereocenters. The van der Waals surface area contributed by atoms with Crippen molar-refractivity contribution in [2.24, 2.45) is 0 Å². The molecule has 0 spiro atoms. The molecule has 0 bridgehead atoms. The van der Waals surface area contributed by atoms with Crippen LogP contribution in [0.25, 0.3) is 16.7 Å². The molecule has 1 aromatic heterocycles. The number of hydrogen-bond donors (Lipinski definition) is 1. The third-order valence-corrected chi connectivity index (χ3v) is 5.84. The molecule has 1 atom stereocenters. The number of fused-ring (bicyclic) bond motifs is 1. The number of rotatable bonds is 7. The second kappa shape index (κ2) is 9.43. The molecular weight excluding hydrogens is 384 g/mol. The number of imidazole rings is 1. The molecule has 1 N–H and O–H groups in total. The third kappa shape index (κ3) is 4.85. The maximum atomic E-state index is 5.98. The molecule has 1 aliphatic heterocycles. The first-order valence-corrected chi connectivity index (χ1v) is 11.0. The van der Waals surface area contributed by atoms with Crippen molar-refractivity contribution in [2.75, 3.05) is 26.2 Å². The number of aromatic nitrogens is 2. The Kier molecular flexibility index (Phi) is 6.07. The zero-order valence-electron chi connectivity index (χ0n) is 17.7. The average molecular weight is 413 g/mol. The Labute approximate surface area is 183 Å². The summed E-state index contributed by atoms with van der Waals surface area (Å²) in [6.07, 6.45) is 2.12. The van der Waals surface area contributed by atoms with Gasteiger partial charge in [-0.15, -0.1) is 0 Å². The molecule has 0 radical (unpaired) electrons. The van der Waals surface area contributed by atoms with E-state index in [9.17, 15) is 0 Å². The van der Waals surface area contributed by atoms with Crippen LogP contribution in [0.1, 0.15) is 11.1 Å². The van der Waals surface area contributed by atoms with E-state index in [1.54, 1.807) is 0 Å². The number of hydrogen-bond acceptors (Lipinski definition) is 4. The van der Waals surface area contributed by atoms with Gasteiger partial charge in [-0.25, -0.2) is 4.98 Å². The predicted molar refractivity (Wildman–Crippen MR) is 124 cm³/mol. The lowest BCUT2D eigenvalue weighted by atomic mass is 10.1. The van der Waals surface area contributed by atoms with Gasteiger partial charge in [0.2, 0.25) is 0 Å². The summed E-state index contributed by atoms with van der Waals surface area (Å²) in [6.45, 7) is 5.45. The van der Waals surface area contributed by atoms with Gasteiger partial charge in [-0.1, -0.05) is 54.6 Å². The fourth-order valence-corrected chi connectivity index (χ4v) is 4.21. The Morgan fingerprint density at radius 2 is 1.71 bits per heavy atom. The Hall–Kier alpha value is -2.99. The van der Waals surface area contributed by atoms with Crippen LogP contribution in [-0.4, -0.2) is 46.8 Å². The average Bonchev–Trinajstić information content (AvgIpc) is 3.25. The number of para-hydroxylation sites is 2. The number of nitrogens with one attached hydrogen (secondary N) is 1. The summed E-state index contributed by atoms with van der Waals surface area (Å²) >= 11 is 0. The summed E-state index contributed by atoms with van der Waals surface area (Å²) < 4.78 is 8.11. The van der Waals surface area contributed by atoms with Gasteiger partial charge in [-0.2, -0.15) is 0 Å². The molecule has 4 aromatic rings. The van der Waals surface area contributed by atoms with Gasteiger partial charge in [0.25, 0.3) is 0 Å². The monoisotopic (exact) mass is 412 g/mol. The quantitative estimate of drug-likeness (QED) is 0.498. The van der Waals surface area contributed by atoms with Crippen LogP contribution >= 0.6 is 0 Å².